The Bertz CT molecular complexity index is 337. The number of thioether (sulfide) groups is 1. The average molecular weight is 223 g/mol. The predicted molar refractivity (Wildman–Crippen MR) is 62.9 cm³/mol. The smallest absolute Gasteiger partial charge is 0.0958 e. The molecular formula is C11H17N3S. The molecule has 2 atom stereocenters. The molecule has 1 N–H and O–H groups in total. The molecule has 2 heterocycles. The molecule has 2 fully saturated rings. The van der Waals surface area contributed by atoms with Crippen LogP contribution < -0.4 is 5.32 Å². The molecule has 82 valence electrons. The van der Waals surface area contributed by atoms with Crippen LogP contribution in [-0.2, 0) is 0 Å². The Kier molecular flexibility index (Phi) is 2.48. The Morgan fingerprint density at radius 2 is 2.40 bits per heavy atom. The van der Waals surface area contributed by atoms with Crippen molar-refractivity contribution >= 4 is 11.8 Å². The molecule has 1 saturated heterocycles. The van der Waals surface area contributed by atoms with Gasteiger partial charge in [0.15, 0.2) is 0 Å². The molecule has 0 amide bonds. The highest BCUT2D eigenvalue weighted by molar-refractivity contribution is 7.99. The minimum Gasteiger partial charge on any atom is -0.329 e. The van der Waals surface area contributed by atoms with Gasteiger partial charge < -0.3 is 9.88 Å². The first-order valence-corrected chi connectivity index (χ1v) is 6.76. The molecule has 0 spiro atoms. The summed E-state index contributed by atoms with van der Waals surface area (Å²) < 4.78 is 2.36. The molecule has 0 bridgehead atoms. The van der Waals surface area contributed by atoms with E-state index >= 15 is 0 Å². The number of nitrogens with one attached hydrogen (secondary N) is 1. The molecule has 0 radical (unpaired) electrons. The van der Waals surface area contributed by atoms with Crippen molar-refractivity contribution in [2.45, 2.75) is 31.2 Å². The second kappa shape index (κ2) is 3.83. The van der Waals surface area contributed by atoms with Crippen molar-refractivity contribution in [1.82, 2.24) is 14.9 Å². The molecule has 1 saturated carbocycles. The summed E-state index contributed by atoms with van der Waals surface area (Å²) in [4.78, 5) is 4.29. The molecule has 1 aliphatic carbocycles. The molecule has 3 rings (SSSR count). The quantitative estimate of drug-likeness (QED) is 0.833. The first-order valence-electron chi connectivity index (χ1n) is 5.71. The van der Waals surface area contributed by atoms with Crippen LogP contribution in [0.15, 0.2) is 12.5 Å². The molecule has 4 heteroatoms. The number of rotatable bonds is 2. The van der Waals surface area contributed by atoms with Gasteiger partial charge in [-0.2, -0.15) is 0 Å². The van der Waals surface area contributed by atoms with Gasteiger partial charge in [0.25, 0.3) is 0 Å². The summed E-state index contributed by atoms with van der Waals surface area (Å²) in [7, 11) is 0. The van der Waals surface area contributed by atoms with E-state index in [-0.39, 0.29) is 0 Å². The van der Waals surface area contributed by atoms with E-state index in [0.717, 1.165) is 18.5 Å². The molecule has 2 aliphatic rings. The van der Waals surface area contributed by atoms with Crippen LogP contribution in [0.2, 0.25) is 0 Å². The maximum atomic E-state index is 4.29. The van der Waals surface area contributed by atoms with Crippen molar-refractivity contribution in [2.24, 2.45) is 5.92 Å². The number of hydrogen-bond acceptors (Lipinski definition) is 3. The third kappa shape index (κ3) is 1.93. The number of aromatic nitrogens is 2. The monoisotopic (exact) mass is 223 g/mol. The lowest BCUT2D eigenvalue weighted by Gasteiger charge is -2.27. The highest BCUT2D eigenvalue weighted by Gasteiger charge is 2.29. The van der Waals surface area contributed by atoms with Crippen molar-refractivity contribution < 1.29 is 0 Å². The zero-order valence-corrected chi connectivity index (χ0v) is 9.83. The van der Waals surface area contributed by atoms with Crippen molar-refractivity contribution in [1.29, 1.82) is 0 Å². The lowest BCUT2D eigenvalue weighted by atomic mass is 10.2. The van der Waals surface area contributed by atoms with Gasteiger partial charge in [-0.3, -0.25) is 0 Å². The van der Waals surface area contributed by atoms with Gasteiger partial charge in [-0.15, -0.1) is 11.8 Å². The fourth-order valence-electron chi connectivity index (χ4n) is 2.05. The van der Waals surface area contributed by atoms with Crippen LogP contribution in [0, 0.1) is 5.92 Å². The van der Waals surface area contributed by atoms with Gasteiger partial charge in [-0.1, -0.05) is 6.92 Å². The van der Waals surface area contributed by atoms with Gasteiger partial charge in [0.1, 0.15) is 0 Å². The van der Waals surface area contributed by atoms with E-state index in [4.69, 9.17) is 0 Å². The van der Waals surface area contributed by atoms with Gasteiger partial charge in [0.05, 0.1) is 23.6 Å². The molecular weight excluding hydrogens is 206 g/mol. The van der Waals surface area contributed by atoms with Crippen molar-refractivity contribution in [3.05, 3.63) is 18.2 Å². The number of nitrogens with zero attached hydrogens (tertiary/aromatic N) is 2. The van der Waals surface area contributed by atoms with E-state index in [9.17, 15) is 0 Å². The second-order valence-corrected chi connectivity index (χ2v) is 5.82. The van der Waals surface area contributed by atoms with Crippen molar-refractivity contribution in [2.75, 3.05) is 12.3 Å². The van der Waals surface area contributed by atoms with Crippen LogP contribution in [-0.4, -0.2) is 21.8 Å². The normalized spacial score (nSPS) is 31.8. The van der Waals surface area contributed by atoms with E-state index in [1.165, 1.54) is 24.3 Å². The fourth-order valence-corrected chi connectivity index (χ4v) is 3.26. The molecule has 2 unspecified atom stereocenters. The van der Waals surface area contributed by atoms with Gasteiger partial charge in [0.2, 0.25) is 0 Å². The summed E-state index contributed by atoms with van der Waals surface area (Å²) in [5, 5.41) is 4.06. The minimum atomic E-state index is 0.462. The van der Waals surface area contributed by atoms with Gasteiger partial charge >= 0.3 is 0 Å². The van der Waals surface area contributed by atoms with E-state index in [1.807, 2.05) is 24.3 Å². The fraction of sp³-hybridized carbons (Fsp3) is 0.727. The Balaban J connectivity index is 1.77. The van der Waals surface area contributed by atoms with Gasteiger partial charge in [-0.25, -0.2) is 4.98 Å². The third-order valence-corrected chi connectivity index (χ3v) is 4.61. The van der Waals surface area contributed by atoms with Gasteiger partial charge in [0, 0.05) is 6.04 Å². The van der Waals surface area contributed by atoms with Gasteiger partial charge in [-0.05, 0) is 31.1 Å². The van der Waals surface area contributed by atoms with Crippen LogP contribution in [0.5, 0.6) is 0 Å². The van der Waals surface area contributed by atoms with Crippen molar-refractivity contribution in [3.63, 3.8) is 0 Å². The predicted octanol–water partition coefficient (Wildman–Crippen LogP) is 2.19. The van der Waals surface area contributed by atoms with E-state index < -0.39 is 0 Å². The number of imidazole rings is 1. The highest BCUT2D eigenvalue weighted by Crippen LogP contribution is 2.39. The molecule has 15 heavy (non-hydrogen) atoms. The summed E-state index contributed by atoms with van der Waals surface area (Å²) >= 11 is 2.02. The van der Waals surface area contributed by atoms with Crippen molar-refractivity contribution in [3.8, 4) is 0 Å². The Morgan fingerprint density at radius 3 is 3.07 bits per heavy atom. The topological polar surface area (TPSA) is 29.9 Å². The summed E-state index contributed by atoms with van der Waals surface area (Å²) in [6.07, 6.45) is 6.68. The Morgan fingerprint density at radius 1 is 1.53 bits per heavy atom. The Hall–Kier alpha value is -0.480. The first kappa shape index (κ1) is 9.73. The Labute approximate surface area is 94.7 Å². The zero-order chi connectivity index (χ0) is 10.3. The molecule has 0 aromatic carbocycles. The zero-order valence-electron chi connectivity index (χ0n) is 9.02. The van der Waals surface area contributed by atoms with E-state index in [1.54, 1.807) is 0 Å². The largest absolute Gasteiger partial charge is 0.329 e. The summed E-state index contributed by atoms with van der Waals surface area (Å²) in [6, 6.07) is 0.740. The standard InChI is InChI=1S/C11H17N3S/c1-8-4-13-11(15-6-8)10-5-12-7-14(10)9-2-3-9/h5,7-9,11,13H,2-4,6H2,1H3. The molecule has 1 aromatic rings. The lowest BCUT2D eigenvalue weighted by Crippen LogP contribution is -2.32. The third-order valence-electron chi connectivity index (χ3n) is 3.10. The molecule has 3 nitrogen and oxygen atoms in total. The van der Waals surface area contributed by atoms with Crippen LogP contribution in [0.4, 0.5) is 0 Å². The SMILES string of the molecule is CC1CNC(c2cncn2C2CC2)SC1. The van der Waals surface area contributed by atoms with Crippen LogP contribution >= 0.6 is 11.8 Å². The minimum absolute atomic E-state index is 0.462. The average Bonchev–Trinajstić information content (AvgIpc) is 2.98. The maximum Gasteiger partial charge on any atom is 0.0958 e. The van der Waals surface area contributed by atoms with Crippen LogP contribution in [0.3, 0.4) is 0 Å². The second-order valence-electron chi connectivity index (χ2n) is 4.68. The first-order chi connectivity index (χ1) is 7.34. The van der Waals surface area contributed by atoms with Crippen LogP contribution in [0.25, 0.3) is 0 Å². The summed E-state index contributed by atoms with van der Waals surface area (Å²) in [6.45, 7) is 3.43. The number of hydrogen-bond donors (Lipinski definition) is 1. The molecule has 1 aliphatic heterocycles. The summed E-state index contributed by atoms with van der Waals surface area (Å²) in [5.74, 6) is 2.05. The lowest BCUT2D eigenvalue weighted by molar-refractivity contribution is 0.512. The van der Waals surface area contributed by atoms with E-state index in [2.05, 4.69) is 21.8 Å². The van der Waals surface area contributed by atoms with E-state index in [0.29, 0.717) is 5.37 Å². The highest BCUT2D eigenvalue weighted by atomic mass is 32.2. The maximum absolute atomic E-state index is 4.29. The van der Waals surface area contributed by atoms with Crippen LogP contribution in [0.1, 0.15) is 36.9 Å². The summed E-state index contributed by atoms with van der Waals surface area (Å²) in [5.41, 5.74) is 1.37. The molecule has 1 aromatic heterocycles.